The van der Waals surface area contributed by atoms with Crippen LogP contribution in [0.3, 0.4) is 0 Å². The van der Waals surface area contributed by atoms with Gasteiger partial charge in [-0.1, -0.05) is 25.6 Å². The Kier molecular flexibility index (Phi) is 5.60. The smallest absolute Gasteiger partial charge is 0.407 e. The van der Waals surface area contributed by atoms with Crippen molar-refractivity contribution in [3.05, 3.63) is 47.9 Å². The predicted octanol–water partition coefficient (Wildman–Crippen LogP) is 3.30. The predicted molar refractivity (Wildman–Crippen MR) is 125 cm³/mol. The summed E-state index contributed by atoms with van der Waals surface area (Å²) in [7, 11) is -1.55. The lowest BCUT2D eigenvalue weighted by Crippen LogP contribution is -2.48. The van der Waals surface area contributed by atoms with E-state index in [4.69, 9.17) is 5.11 Å². The van der Waals surface area contributed by atoms with Gasteiger partial charge in [0.2, 0.25) is 0 Å². The Balaban J connectivity index is 1.69. The highest BCUT2D eigenvalue weighted by atomic mass is 28.3. The number of nitriles is 1. The van der Waals surface area contributed by atoms with Crippen molar-refractivity contribution in [2.45, 2.75) is 19.6 Å². The molecule has 1 N–H and O–H groups in total. The van der Waals surface area contributed by atoms with Crippen molar-refractivity contribution in [2.75, 3.05) is 31.1 Å². The molecule has 4 rings (SSSR count). The number of aromatic nitrogens is 3. The minimum Gasteiger partial charge on any atom is -0.465 e. The summed E-state index contributed by atoms with van der Waals surface area (Å²) < 4.78 is 1.71. The zero-order chi connectivity index (χ0) is 22.9. The number of carbonyl (C=O) groups is 1. The van der Waals surface area contributed by atoms with Gasteiger partial charge in [-0.3, -0.25) is 0 Å². The molecular formula is C23H24N6O2Si. The van der Waals surface area contributed by atoms with E-state index in [1.807, 2.05) is 24.4 Å². The standard InChI is InChI=1S/C23H24N6O2Si/c1-32(2,3)11-6-17-12-20(22-19(13-24)15-26-29(22)16-17)18-4-5-21(25-14-18)27-7-9-28(10-8-27)23(30)31/h4-5,12,14-16H,7-10H2,1-3H3,(H,30,31). The molecular weight excluding hydrogens is 420 g/mol. The molecule has 162 valence electrons. The monoisotopic (exact) mass is 444 g/mol. The van der Waals surface area contributed by atoms with E-state index < -0.39 is 14.2 Å². The number of nitrogens with zero attached hydrogens (tertiary/aromatic N) is 6. The molecule has 9 heteroatoms. The van der Waals surface area contributed by atoms with Crippen LogP contribution in [0, 0.1) is 22.8 Å². The average Bonchev–Trinajstić information content (AvgIpc) is 3.20. The molecule has 0 aromatic carbocycles. The molecule has 0 atom stereocenters. The summed E-state index contributed by atoms with van der Waals surface area (Å²) in [6.07, 6.45) is 4.33. The van der Waals surface area contributed by atoms with Gasteiger partial charge < -0.3 is 14.9 Å². The Bertz CT molecular complexity index is 1270. The van der Waals surface area contributed by atoms with Gasteiger partial charge in [-0.15, -0.1) is 5.54 Å². The van der Waals surface area contributed by atoms with Crippen LogP contribution in [0.2, 0.25) is 19.6 Å². The summed E-state index contributed by atoms with van der Waals surface area (Å²) in [5.74, 6) is 4.08. The highest BCUT2D eigenvalue weighted by molar-refractivity contribution is 6.83. The molecule has 8 nitrogen and oxygen atoms in total. The van der Waals surface area contributed by atoms with Crippen LogP contribution in [0.1, 0.15) is 11.1 Å². The molecule has 1 saturated heterocycles. The van der Waals surface area contributed by atoms with Crippen molar-refractivity contribution in [1.29, 1.82) is 5.26 Å². The number of rotatable bonds is 2. The SMILES string of the molecule is C[Si](C)(C)C#Cc1cc(-c2ccc(N3CCN(C(=O)O)CC3)nc2)c2c(C#N)cnn2c1. The number of pyridine rings is 2. The van der Waals surface area contributed by atoms with Crippen LogP contribution in [-0.2, 0) is 0 Å². The largest absolute Gasteiger partial charge is 0.465 e. The second-order valence-corrected chi connectivity index (χ2v) is 13.5. The number of hydrogen-bond donors (Lipinski definition) is 1. The minimum atomic E-state index is -1.55. The lowest BCUT2D eigenvalue weighted by molar-refractivity contribution is 0.142. The van der Waals surface area contributed by atoms with Gasteiger partial charge in [0.15, 0.2) is 0 Å². The molecule has 3 aromatic heterocycles. The third kappa shape index (κ3) is 4.43. The Labute approximate surface area is 187 Å². The highest BCUT2D eigenvalue weighted by Crippen LogP contribution is 2.29. The molecule has 0 aliphatic carbocycles. The van der Waals surface area contributed by atoms with Crippen LogP contribution in [-0.4, -0.2) is 65.0 Å². The maximum atomic E-state index is 11.1. The van der Waals surface area contributed by atoms with E-state index in [0.717, 1.165) is 28.0 Å². The molecule has 1 aliphatic heterocycles. The van der Waals surface area contributed by atoms with E-state index in [9.17, 15) is 10.1 Å². The van der Waals surface area contributed by atoms with Gasteiger partial charge in [0.25, 0.3) is 0 Å². The summed E-state index contributed by atoms with van der Waals surface area (Å²) in [5, 5.41) is 23.0. The number of piperazine rings is 1. The molecule has 0 saturated carbocycles. The summed E-state index contributed by atoms with van der Waals surface area (Å²) >= 11 is 0. The van der Waals surface area contributed by atoms with Gasteiger partial charge in [-0.2, -0.15) is 10.4 Å². The first kappa shape index (κ1) is 21.4. The molecule has 32 heavy (non-hydrogen) atoms. The first-order valence-electron chi connectivity index (χ1n) is 10.4. The van der Waals surface area contributed by atoms with Crippen molar-refractivity contribution in [3.8, 4) is 28.7 Å². The van der Waals surface area contributed by atoms with Crippen LogP contribution >= 0.6 is 0 Å². The topological polar surface area (TPSA) is 97.8 Å². The Morgan fingerprint density at radius 2 is 1.91 bits per heavy atom. The Morgan fingerprint density at radius 3 is 2.50 bits per heavy atom. The molecule has 4 heterocycles. The molecule has 1 fully saturated rings. The van der Waals surface area contributed by atoms with Crippen LogP contribution in [0.25, 0.3) is 16.6 Å². The second-order valence-electron chi connectivity index (χ2n) is 8.77. The van der Waals surface area contributed by atoms with Crippen LogP contribution in [0.15, 0.2) is 36.8 Å². The van der Waals surface area contributed by atoms with Gasteiger partial charge in [0.1, 0.15) is 20.0 Å². The van der Waals surface area contributed by atoms with Crippen LogP contribution in [0.5, 0.6) is 0 Å². The zero-order valence-corrected chi connectivity index (χ0v) is 19.3. The van der Waals surface area contributed by atoms with Crippen molar-refractivity contribution >= 4 is 25.5 Å². The maximum Gasteiger partial charge on any atom is 0.407 e. The Hall–Kier alpha value is -3.82. The number of fused-ring (bicyclic) bond motifs is 1. The molecule has 0 spiro atoms. The Morgan fingerprint density at radius 1 is 1.16 bits per heavy atom. The average molecular weight is 445 g/mol. The first-order valence-corrected chi connectivity index (χ1v) is 13.9. The van der Waals surface area contributed by atoms with Gasteiger partial charge in [-0.05, 0) is 18.2 Å². The molecule has 1 aliphatic rings. The number of hydrogen-bond acceptors (Lipinski definition) is 5. The highest BCUT2D eigenvalue weighted by Gasteiger charge is 2.21. The summed E-state index contributed by atoms with van der Waals surface area (Å²) in [5.41, 5.74) is 7.18. The summed E-state index contributed by atoms with van der Waals surface area (Å²) in [6.45, 7) is 8.70. The maximum absolute atomic E-state index is 11.1. The fourth-order valence-corrected chi connectivity index (χ4v) is 4.13. The van der Waals surface area contributed by atoms with Crippen molar-refractivity contribution < 1.29 is 9.90 Å². The zero-order valence-electron chi connectivity index (χ0n) is 18.3. The van der Waals surface area contributed by atoms with E-state index in [1.54, 1.807) is 16.9 Å². The third-order valence-electron chi connectivity index (χ3n) is 5.25. The molecule has 0 bridgehead atoms. The number of amides is 1. The lowest BCUT2D eigenvalue weighted by Gasteiger charge is -2.33. The second kappa shape index (κ2) is 8.37. The van der Waals surface area contributed by atoms with Gasteiger partial charge in [0.05, 0.1) is 17.3 Å². The van der Waals surface area contributed by atoms with Gasteiger partial charge in [-0.25, -0.2) is 14.3 Å². The lowest BCUT2D eigenvalue weighted by atomic mass is 10.0. The number of carboxylic acid groups (broad SMARTS) is 1. The first-order chi connectivity index (χ1) is 15.2. The molecule has 3 aromatic rings. The van der Waals surface area contributed by atoms with Crippen molar-refractivity contribution in [2.24, 2.45) is 0 Å². The van der Waals surface area contributed by atoms with Crippen LogP contribution in [0.4, 0.5) is 10.6 Å². The summed E-state index contributed by atoms with van der Waals surface area (Å²) in [4.78, 5) is 19.2. The normalized spacial score (nSPS) is 14.1. The van der Waals surface area contributed by atoms with E-state index in [0.29, 0.717) is 31.7 Å². The molecule has 1 amide bonds. The third-order valence-corrected chi connectivity index (χ3v) is 6.12. The molecule has 0 unspecified atom stereocenters. The van der Waals surface area contributed by atoms with Gasteiger partial charge >= 0.3 is 6.09 Å². The number of anilines is 1. The fraction of sp³-hybridized carbons (Fsp3) is 0.304. The van der Waals surface area contributed by atoms with Gasteiger partial charge in [0, 0.05) is 55.3 Å². The quantitative estimate of drug-likeness (QED) is 0.481. The summed E-state index contributed by atoms with van der Waals surface area (Å²) in [6, 6.07) is 8.12. The van der Waals surface area contributed by atoms with Crippen molar-refractivity contribution in [3.63, 3.8) is 0 Å². The fourth-order valence-electron chi connectivity index (χ4n) is 3.61. The van der Waals surface area contributed by atoms with E-state index in [1.165, 1.54) is 4.90 Å². The van der Waals surface area contributed by atoms with Crippen molar-refractivity contribution in [1.82, 2.24) is 19.5 Å². The van der Waals surface area contributed by atoms with E-state index in [-0.39, 0.29) is 0 Å². The van der Waals surface area contributed by atoms with E-state index in [2.05, 4.69) is 52.2 Å². The minimum absolute atomic E-state index is 0.457. The molecule has 0 radical (unpaired) electrons. The van der Waals surface area contributed by atoms with E-state index >= 15 is 0 Å². The van der Waals surface area contributed by atoms with Crippen LogP contribution < -0.4 is 4.90 Å².